The third kappa shape index (κ3) is 13.6. The van der Waals surface area contributed by atoms with Crippen molar-refractivity contribution in [1.29, 1.82) is 0 Å². The van der Waals surface area contributed by atoms with Crippen molar-refractivity contribution < 1.29 is 23.9 Å². The first-order valence-electron chi connectivity index (χ1n) is 10.4. The summed E-state index contributed by atoms with van der Waals surface area (Å²) < 4.78 is 10.2. The molecule has 0 aliphatic rings. The van der Waals surface area contributed by atoms with Gasteiger partial charge in [0.25, 0.3) is 0 Å². The molecular formula is C22H38N2O5. The van der Waals surface area contributed by atoms with Gasteiger partial charge in [0.2, 0.25) is 5.91 Å². The molecule has 2 amide bonds. The Bertz CT molecular complexity index is 552. The van der Waals surface area contributed by atoms with Crippen molar-refractivity contribution in [2.75, 3.05) is 13.2 Å². The molecule has 29 heavy (non-hydrogen) atoms. The Hall–Kier alpha value is -2.23. The van der Waals surface area contributed by atoms with Crippen molar-refractivity contribution in [1.82, 2.24) is 10.6 Å². The van der Waals surface area contributed by atoms with Crippen LogP contribution in [0.4, 0.5) is 4.79 Å². The van der Waals surface area contributed by atoms with Crippen molar-refractivity contribution in [2.24, 2.45) is 17.8 Å². The lowest BCUT2D eigenvalue weighted by atomic mass is 10.0. The molecule has 2 atom stereocenters. The number of terminal acetylenes is 1. The summed E-state index contributed by atoms with van der Waals surface area (Å²) in [6.45, 7) is 12.2. The molecule has 166 valence electrons. The summed E-state index contributed by atoms with van der Waals surface area (Å²) in [5.74, 6) is 2.17. The highest BCUT2D eigenvalue weighted by Crippen LogP contribution is 2.11. The maximum absolute atomic E-state index is 12.8. The zero-order valence-electron chi connectivity index (χ0n) is 18.7. The fraction of sp³-hybridized carbons (Fsp3) is 0.773. The van der Waals surface area contributed by atoms with Gasteiger partial charge in [-0.2, -0.15) is 0 Å². The zero-order chi connectivity index (χ0) is 22.4. The topological polar surface area (TPSA) is 93.7 Å². The smallest absolute Gasteiger partial charge is 0.408 e. The Balaban J connectivity index is 4.99. The number of ether oxygens (including phenoxy) is 2. The number of carbonyl (C=O) groups excluding carboxylic acids is 3. The van der Waals surface area contributed by atoms with Gasteiger partial charge in [-0.3, -0.25) is 4.79 Å². The first kappa shape index (κ1) is 26.8. The maximum Gasteiger partial charge on any atom is 0.408 e. The molecule has 0 aliphatic carbocycles. The number of amides is 2. The van der Waals surface area contributed by atoms with E-state index >= 15 is 0 Å². The third-order valence-electron chi connectivity index (χ3n) is 4.08. The monoisotopic (exact) mass is 410 g/mol. The lowest BCUT2D eigenvalue weighted by Crippen LogP contribution is -2.52. The molecule has 0 radical (unpaired) electrons. The zero-order valence-corrected chi connectivity index (χ0v) is 18.7. The predicted octanol–water partition coefficient (Wildman–Crippen LogP) is 3.27. The van der Waals surface area contributed by atoms with Gasteiger partial charge in [-0.1, -0.05) is 47.5 Å². The molecule has 0 heterocycles. The van der Waals surface area contributed by atoms with Crippen LogP contribution in [0.1, 0.15) is 67.2 Å². The van der Waals surface area contributed by atoms with Crippen molar-refractivity contribution in [2.45, 2.75) is 79.3 Å². The van der Waals surface area contributed by atoms with Crippen LogP contribution in [0.3, 0.4) is 0 Å². The summed E-state index contributed by atoms with van der Waals surface area (Å²) in [4.78, 5) is 37.1. The Morgan fingerprint density at radius 1 is 0.862 bits per heavy atom. The summed E-state index contributed by atoms with van der Waals surface area (Å²) in [5, 5.41) is 5.27. The van der Waals surface area contributed by atoms with E-state index in [0.29, 0.717) is 25.4 Å². The van der Waals surface area contributed by atoms with E-state index in [1.54, 1.807) is 0 Å². The fourth-order valence-corrected chi connectivity index (χ4v) is 2.72. The number of hydrogen-bond donors (Lipinski definition) is 2. The summed E-state index contributed by atoms with van der Waals surface area (Å²) in [6.07, 6.45) is 6.91. The second kappa shape index (κ2) is 14.7. The molecule has 0 saturated carbocycles. The normalized spacial score (nSPS) is 13.0. The minimum atomic E-state index is -0.830. The molecule has 0 rings (SSSR count). The van der Waals surface area contributed by atoms with Crippen molar-refractivity contribution in [3.63, 3.8) is 0 Å². The molecular weight excluding hydrogens is 372 g/mol. The summed E-state index contributed by atoms with van der Waals surface area (Å²) in [7, 11) is 0. The van der Waals surface area contributed by atoms with E-state index in [0.717, 1.165) is 12.8 Å². The van der Waals surface area contributed by atoms with E-state index in [1.807, 2.05) is 27.7 Å². The molecule has 0 bridgehead atoms. The summed E-state index contributed by atoms with van der Waals surface area (Å²) >= 11 is 0. The van der Waals surface area contributed by atoms with E-state index in [-0.39, 0.29) is 18.4 Å². The highest BCUT2D eigenvalue weighted by atomic mass is 16.5. The van der Waals surface area contributed by atoms with E-state index < -0.39 is 30.1 Å². The minimum Gasteiger partial charge on any atom is -0.464 e. The Morgan fingerprint density at radius 2 is 1.45 bits per heavy atom. The number of nitrogens with one attached hydrogen (secondary N) is 2. The first-order chi connectivity index (χ1) is 13.6. The van der Waals surface area contributed by atoms with Gasteiger partial charge in [0, 0.05) is 0 Å². The van der Waals surface area contributed by atoms with Gasteiger partial charge in [0.1, 0.15) is 12.1 Å². The lowest BCUT2D eigenvalue weighted by Gasteiger charge is -2.24. The largest absolute Gasteiger partial charge is 0.464 e. The molecule has 7 nitrogen and oxygen atoms in total. The molecule has 0 spiro atoms. The molecule has 0 saturated heterocycles. The van der Waals surface area contributed by atoms with Crippen LogP contribution in [0.5, 0.6) is 0 Å². The van der Waals surface area contributed by atoms with E-state index in [2.05, 4.69) is 30.4 Å². The fourth-order valence-electron chi connectivity index (χ4n) is 2.72. The van der Waals surface area contributed by atoms with Crippen LogP contribution in [0.2, 0.25) is 0 Å². The summed E-state index contributed by atoms with van der Waals surface area (Å²) in [5.41, 5.74) is 0. The second-order valence-electron chi connectivity index (χ2n) is 8.50. The number of carbonyl (C=O) groups is 3. The van der Waals surface area contributed by atoms with Crippen molar-refractivity contribution in [3.05, 3.63) is 0 Å². The lowest BCUT2D eigenvalue weighted by molar-refractivity contribution is -0.148. The molecule has 0 aliphatic heterocycles. The van der Waals surface area contributed by atoms with Gasteiger partial charge in [0.05, 0.1) is 6.61 Å². The van der Waals surface area contributed by atoms with Crippen molar-refractivity contribution in [3.8, 4) is 12.3 Å². The van der Waals surface area contributed by atoms with Gasteiger partial charge in [0.15, 0.2) is 6.61 Å². The van der Waals surface area contributed by atoms with Gasteiger partial charge < -0.3 is 20.1 Å². The Kier molecular flexibility index (Phi) is 13.6. The number of hydrogen-bond acceptors (Lipinski definition) is 5. The molecule has 0 aromatic heterocycles. The molecule has 2 unspecified atom stereocenters. The van der Waals surface area contributed by atoms with Crippen LogP contribution < -0.4 is 10.6 Å². The SMILES string of the molecule is C#CCOC(=O)NC(CC(C)C)C(=O)NC(CC(C)C)C(=O)OCCCC(C)C. The van der Waals surface area contributed by atoms with Crippen LogP contribution in [-0.2, 0) is 19.1 Å². The number of esters is 1. The maximum atomic E-state index is 12.8. The van der Waals surface area contributed by atoms with Gasteiger partial charge in [-0.25, -0.2) is 9.59 Å². The van der Waals surface area contributed by atoms with Crippen LogP contribution in [0.25, 0.3) is 0 Å². The number of rotatable bonds is 13. The Labute approximate surface area is 175 Å². The van der Waals surface area contributed by atoms with Gasteiger partial charge >= 0.3 is 12.1 Å². The van der Waals surface area contributed by atoms with Gasteiger partial charge in [-0.05, 0) is 43.4 Å². The summed E-state index contributed by atoms with van der Waals surface area (Å²) in [6, 6.07) is -1.59. The van der Waals surface area contributed by atoms with E-state index in [4.69, 9.17) is 15.9 Å². The molecule has 0 fully saturated rings. The molecule has 2 N–H and O–H groups in total. The van der Waals surface area contributed by atoms with E-state index in [9.17, 15) is 14.4 Å². The predicted molar refractivity (Wildman–Crippen MR) is 113 cm³/mol. The van der Waals surface area contributed by atoms with Crippen LogP contribution in [-0.4, -0.2) is 43.3 Å². The Morgan fingerprint density at radius 3 is 1.97 bits per heavy atom. The average molecular weight is 411 g/mol. The highest BCUT2D eigenvalue weighted by molar-refractivity contribution is 5.89. The van der Waals surface area contributed by atoms with Crippen LogP contribution >= 0.6 is 0 Å². The highest BCUT2D eigenvalue weighted by Gasteiger charge is 2.29. The molecule has 0 aromatic carbocycles. The molecule has 7 heteroatoms. The second-order valence-corrected chi connectivity index (χ2v) is 8.50. The average Bonchev–Trinajstić information content (AvgIpc) is 2.61. The number of alkyl carbamates (subject to hydrolysis) is 1. The van der Waals surface area contributed by atoms with Crippen LogP contribution in [0, 0.1) is 30.1 Å². The standard InChI is InChI=1S/C22H38N2O5/c1-8-11-29-22(27)24-18(13-16(4)5)20(25)23-19(14-17(6)7)21(26)28-12-9-10-15(2)3/h1,15-19H,9-14H2,2-7H3,(H,23,25)(H,24,27). The van der Waals surface area contributed by atoms with Crippen molar-refractivity contribution >= 4 is 18.0 Å². The van der Waals surface area contributed by atoms with Crippen LogP contribution in [0.15, 0.2) is 0 Å². The third-order valence-corrected chi connectivity index (χ3v) is 4.08. The quantitative estimate of drug-likeness (QED) is 0.276. The minimum absolute atomic E-state index is 0.144. The first-order valence-corrected chi connectivity index (χ1v) is 10.4. The molecule has 0 aromatic rings. The van der Waals surface area contributed by atoms with E-state index in [1.165, 1.54) is 0 Å². The van der Waals surface area contributed by atoms with Gasteiger partial charge in [-0.15, -0.1) is 6.42 Å².